The van der Waals surface area contributed by atoms with Crippen molar-refractivity contribution in [3.05, 3.63) is 70.8 Å². The van der Waals surface area contributed by atoms with Gasteiger partial charge in [-0.2, -0.15) is 13.2 Å². The summed E-state index contributed by atoms with van der Waals surface area (Å²) in [6.07, 6.45) is 7.90. The van der Waals surface area contributed by atoms with Gasteiger partial charge in [-0.3, -0.25) is 9.59 Å². The Morgan fingerprint density at radius 3 is 1.76 bits per heavy atom. The lowest BCUT2D eigenvalue weighted by Gasteiger charge is -2.36. The number of unbranched alkanes of at least 4 members (excludes halogenated alkanes) is 9. The summed E-state index contributed by atoms with van der Waals surface area (Å²) < 4.78 is 39.1. The molecule has 0 aliphatic carbocycles. The van der Waals surface area contributed by atoms with E-state index < -0.39 is 35.7 Å². The molecule has 2 amide bonds. The molecule has 2 rings (SSSR count). The van der Waals surface area contributed by atoms with Gasteiger partial charge in [0.15, 0.2) is 0 Å². The molecule has 2 aromatic carbocycles. The van der Waals surface area contributed by atoms with Crippen LogP contribution in [0.2, 0.25) is 0 Å². The first-order valence-electron chi connectivity index (χ1n) is 15.1. The predicted molar refractivity (Wildman–Crippen MR) is 158 cm³/mol. The van der Waals surface area contributed by atoms with Crippen molar-refractivity contribution in [3.63, 3.8) is 0 Å². The number of carboxylic acid groups (broad SMARTS) is 1. The topological polar surface area (TPSA) is 86.7 Å². The summed E-state index contributed by atoms with van der Waals surface area (Å²) in [6.45, 7) is 6.20. The molecule has 2 atom stereocenters. The summed E-state index contributed by atoms with van der Waals surface area (Å²) in [6, 6.07) is 9.50. The van der Waals surface area contributed by atoms with Gasteiger partial charge in [0, 0.05) is 12.1 Å². The Kier molecular flexibility index (Phi) is 14.6. The Hall–Kier alpha value is -3.36. The third-order valence-corrected chi connectivity index (χ3v) is 7.65. The average molecular weight is 591 g/mol. The van der Waals surface area contributed by atoms with E-state index in [4.69, 9.17) is 0 Å². The number of aliphatic carboxylic acids is 1. The molecule has 0 saturated carbocycles. The number of benzene rings is 2. The van der Waals surface area contributed by atoms with Gasteiger partial charge in [-0.15, -0.1) is 0 Å². The van der Waals surface area contributed by atoms with Gasteiger partial charge in [-0.1, -0.05) is 95.9 Å². The van der Waals surface area contributed by atoms with Crippen LogP contribution in [0.25, 0.3) is 0 Å². The molecule has 0 aliphatic heterocycles. The van der Waals surface area contributed by atoms with Crippen LogP contribution in [0.1, 0.15) is 131 Å². The van der Waals surface area contributed by atoms with Crippen molar-refractivity contribution >= 4 is 17.8 Å². The highest BCUT2D eigenvalue weighted by Crippen LogP contribution is 2.35. The van der Waals surface area contributed by atoms with Crippen LogP contribution >= 0.6 is 0 Å². The van der Waals surface area contributed by atoms with E-state index in [1.54, 1.807) is 38.1 Å². The minimum Gasteiger partial charge on any atom is -0.474 e. The zero-order valence-electron chi connectivity index (χ0n) is 25.0. The molecule has 232 valence electrons. The first-order chi connectivity index (χ1) is 20.0. The van der Waals surface area contributed by atoms with Crippen LogP contribution in [0.5, 0.6) is 0 Å². The van der Waals surface area contributed by atoms with Crippen LogP contribution in [-0.4, -0.2) is 34.3 Å². The smallest absolute Gasteiger partial charge is 0.416 e. The van der Waals surface area contributed by atoms with E-state index in [0.717, 1.165) is 31.4 Å². The lowest BCUT2D eigenvalue weighted by molar-refractivity contribution is -0.159. The number of carboxylic acids is 1. The van der Waals surface area contributed by atoms with Crippen molar-refractivity contribution in [2.75, 3.05) is 6.54 Å². The summed E-state index contributed by atoms with van der Waals surface area (Å²) in [5.41, 5.74) is 0.618. The average Bonchev–Trinajstić information content (AvgIpc) is 2.97. The van der Waals surface area contributed by atoms with Crippen molar-refractivity contribution in [1.82, 2.24) is 10.2 Å². The van der Waals surface area contributed by atoms with E-state index in [9.17, 15) is 32.7 Å². The Bertz CT molecular complexity index is 1120. The van der Waals surface area contributed by atoms with E-state index >= 15 is 0 Å². The van der Waals surface area contributed by atoms with E-state index in [2.05, 4.69) is 12.2 Å². The number of nitrogens with zero attached hydrogens (tertiary/aromatic N) is 1. The number of nitrogens with one attached hydrogen (secondary N) is 1. The van der Waals surface area contributed by atoms with Gasteiger partial charge in [0.2, 0.25) is 0 Å². The molecule has 42 heavy (non-hydrogen) atoms. The maximum absolute atomic E-state index is 13.0. The number of carbonyl (C=O) groups is 3. The molecule has 0 aliphatic rings. The molecule has 0 radical (unpaired) electrons. The van der Waals surface area contributed by atoms with Crippen LogP contribution in [0.15, 0.2) is 48.5 Å². The number of hydrogen-bond acceptors (Lipinski definition) is 3. The SMILES string of the molecule is CCCCCCCCCCCCNC(=O)c1ccc(C(C)N(C(=O)C(=O)O)C(CC)c2ccc(C(F)(F)F)cc2)cc1. The molecule has 2 unspecified atom stereocenters. The molecular weight excluding hydrogens is 545 g/mol. The second-order valence-electron chi connectivity index (χ2n) is 10.8. The van der Waals surface area contributed by atoms with Gasteiger partial charge in [0.05, 0.1) is 17.6 Å². The van der Waals surface area contributed by atoms with Crippen LogP contribution in [0, 0.1) is 0 Å². The number of hydrogen-bond donors (Lipinski definition) is 2. The summed E-state index contributed by atoms with van der Waals surface area (Å²) in [7, 11) is 0. The lowest BCUT2D eigenvalue weighted by atomic mass is 9.96. The number of amides is 2. The third kappa shape index (κ3) is 10.8. The number of halogens is 3. The monoisotopic (exact) mass is 590 g/mol. The molecule has 0 spiro atoms. The van der Waals surface area contributed by atoms with E-state index in [-0.39, 0.29) is 12.3 Å². The molecular formula is C33H45F3N2O4. The van der Waals surface area contributed by atoms with E-state index in [1.165, 1.54) is 62.0 Å². The maximum atomic E-state index is 13.0. The van der Waals surface area contributed by atoms with Crippen LogP contribution in [0.3, 0.4) is 0 Å². The standard InChI is InChI=1S/C33H45F3N2O4/c1-4-6-7-8-9-10-11-12-13-14-23-37-30(39)27-17-15-25(16-18-27)24(3)38(31(40)32(41)42)29(5-2)26-19-21-28(22-20-26)33(34,35)36/h15-22,24,29H,4-14,23H2,1-3H3,(H,37,39)(H,41,42). The highest BCUT2D eigenvalue weighted by Gasteiger charge is 2.34. The molecule has 0 saturated heterocycles. The molecule has 0 bridgehead atoms. The van der Waals surface area contributed by atoms with Crippen molar-refractivity contribution in [3.8, 4) is 0 Å². The molecule has 6 nitrogen and oxygen atoms in total. The number of carbonyl (C=O) groups excluding carboxylic acids is 2. The molecule has 0 fully saturated rings. The van der Waals surface area contributed by atoms with Crippen LogP contribution in [0.4, 0.5) is 13.2 Å². The Balaban J connectivity index is 1.98. The highest BCUT2D eigenvalue weighted by atomic mass is 19.4. The van der Waals surface area contributed by atoms with Crippen molar-refractivity contribution in [2.24, 2.45) is 0 Å². The van der Waals surface area contributed by atoms with Crippen LogP contribution < -0.4 is 5.32 Å². The van der Waals surface area contributed by atoms with Crippen molar-refractivity contribution in [1.29, 1.82) is 0 Å². The number of alkyl halides is 3. The fourth-order valence-corrected chi connectivity index (χ4v) is 5.18. The Morgan fingerprint density at radius 2 is 1.29 bits per heavy atom. The Morgan fingerprint density at radius 1 is 0.786 bits per heavy atom. The van der Waals surface area contributed by atoms with Gasteiger partial charge in [-0.25, -0.2) is 4.79 Å². The van der Waals surface area contributed by atoms with E-state index in [0.29, 0.717) is 23.2 Å². The second kappa shape index (κ2) is 17.6. The molecule has 9 heteroatoms. The quantitative estimate of drug-likeness (QED) is 0.143. The van der Waals surface area contributed by atoms with Crippen LogP contribution in [-0.2, 0) is 15.8 Å². The maximum Gasteiger partial charge on any atom is 0.416 e. The first-order valence-corrected chi connectivity index (χ1v) is 15.1. The zero-order valence-corrected chi connectivity index (χ0v) is 25.0. The molecule has 0 aromatic heterocycles. The minimum absolute atomic E-state index is 0.209. The van der Waals surface area contributed by atoms with E-state index in [1.807, 2.05) is 0 Å². The third-order valence-electron chi connectivity index (χ3n) is 7.65. The van der Waals surface area contributed by atoms with Gasteiger partial charge in [0.25, 0.3) is 5.91 Å². The predicted octanol–water partition coefficient (Wildman–Crippen LogP) is 8.48. The summed E-state index contributed by atoms with van der Waals surface area (Å²) in [5, 5.41) is 12.4. The summed E-state index contributed by atoms with van der Waals surface area (Å²) in [4.78, 5) is 38.3. The van der Waals surface area contributed by atoms with Gasteiger partial charge >= 0.3 is 18.1 Å². The largest absolute Gasteiger partial charge is 0.474 e. The fourth-order valence-electron chi connectivity index (χ4n) is 5.18. The fraction of sp³-hybridized carbons (Fsp3) is 0.545. The lowest BCUT2D eigenvalue weighted by Crippen LogP contribution is -2.41. The number of rotatable bonds is 17. The van der Waals surface area contributed by atoms with Gasteiger partial charge in [-0.05, 0) is 55.2 Å². The summed E-state index contributed by atoms with van der Waals surface area (Å²) >= 11 is 0. The second-order valence-corrected chi connectivity index (χ2v) is 10.8. The molecule has 0 heterocycles. The van der Waals surface area contributed by atoms with Gasteiger partial charge in [0.1, 0.15) is 0 Å². The minimum atomic E-state index is -4.51. The molecule has 2 N–H and O–H groups in total. The normalized spacial score (nSPS) is 12.9. The Labute approximate surface area is 247 Å². The molecule has 2 aromatic rings. The zero-order chi connectivity index (χ0) is 31.1. The highest BCUT2D eigenvalue weighted by molar-refractivity contribution is 6.31. The van der Waals surface area contributed by atoms with Crippen molar-refractivity contribution < 1.29 is 32.7 Å². The first kappa shape index (κ1) is 34.8. The van der Waals surface area contributed by atoms with Crippen molar-refractivity contribution in [2.45, 2.75) is 110 Å². The van der Waals surface area contributed by atoms with Gasteiger partial charge < -0.3 is 15.3 Å². The summed E-state index contributed by atoms with van der Waals surface area (Å²) in [5.74, 6) is -3.03.